The lowest BCUT2D eigenvalue weighted by Gasteiger charge is -2.24. The van der Waals surface area contributed by atoms with Gasteiger partial charge in [-0.3, -0.25) is 4.79 Å². The van der Waals surface area contributed by atoms with Crippen LogP contribution < -0.4 is 4.90 Å². The van der Waals surface area contributed by atoms with Crippen molar-refractivity contribution >= 4 is 11.7 Å². The molecule has 7 nitrogen and oxygen atoms in total. The van der Waals surface area contributed by atoms with Crippen molar-refractivity contribution in [3.63, 3.8) is 0 Å². The van der Waals surface area contributed by atoms with Gasteiger partial charge in [0.1, 0.15) is 6.54 Å². The SMILES string of the molecule is CC(C)(C)C(=O)Cn1nnc(N2CCOCC2)n1. The van der Waals surface area contributed by atoms with E-state index in [1.807, 2.05) is 25.7 Å². The highest BCUT2D eigenvalue weighted by molar-refractivity contribution is 5.83. The van der Waals surface area contributed by atoms with Crippen LogP contribution >= 0.6 is 0 Å². The van der Waals surface area contributed by atoms with E-state index >= 15 is 0 Å². The molecule has 0 spiro atoms. The van der Waals surface area contributed by atoms with Gasteiger partial charge in [-0.15, -0.1) is 5.10 Å². The lowest BCUT2D eigenvalue weighted by molar-refractivity contribution is -0.127. The largest absolute Gasteiger partial charge is 0.378 e. The minimum Gasteiger partial charge on any atom is -0.378 e. The Morgan fingerprint density at radius 2 is 2.00 bits per heavy atom. The van der Waals surface area contributed by atoms with Crippen LogP contribution in [0, 0.1) is 5.41 Å². The van der Waals surface area contributed by atoms with E-state index in [0.29, 0.717) is 19.2 Å². The summed E-state index contributed by atoms with van der Waals surface area (Å²) in [5.74, 6) is 0.661. The van der Waals surface area contributed by atoms with E-state index in [-0.39, 0.29) is 17.7 Å². The molecular formula is C11H19N5O2. The molecule has 2 rings (SSSR count). The van der Waals surface area contributed by atoms with Crippen molar-refractivity contribution in [2.45, 2.75) is 27.3 Å². The number of ketones is 1. The first-order valence-corrected chi connectivity index (χ1v) is 6.10. The number of ether oxygens (including phenoxy) is 1. The molecule has 0 radical (unpaired) electrons. The number of Topliss-reactive ketones (excluding diaryl/α,β-unsaturated/α-hetero) is 1. The third-order valence-electron chi connectivity index (χ3n) is 2.86. The van der Waals surface area contributed by atoms with Crippen LogP contribution in [-0.4, -0.2) is 52.3 Å². The maximum atomic E-state index is 11.9. The van der Waals surface area contributed by atoms with Gasteiger partial charge in [-0.1, -0.05) is 25.9 Å². The smallest absolute Gasteiger partial charge is 0.266 e. The van der Waals surface area contributed by atoms with Gasteiger partial charge in [0, 0.05) is 18.5 Å². The first-order chi connectivity index (χ1) is 8.47. The molecule has 0 aliphatic carbocycles. The normalized spacial score (nSPS) is 16.9. The summed E-state index contributed by atoms with van der Waals surface area (Å²) in [5, 5.41) is 12.1. The van der Waals surface area contributed by atoms with Crippen molar-refractivity contribution in [1.29, 1.82) is 0 Å². The van der Waals surface area contributed by atoms with Crippen LogP contribution in [0.4, 0.5) is 5.95 Å². The quantitative estimate of drug-likeness (QED) is 0.762. The molecule has 100 valence electrons. The van der Waals surface area contributed by atoms with Gasteiger partial charge in [-0.2, -0.15) is 4.80 Å². The molecule has 1 aromatic rings. The molecule has 0 N–H and O–H groups in total. The fraction of sp³-hybridized carbons (Fsp3) is 0.818. The van der Waals surface area contributed by atoms with E-state index in [1.165, 1.54) is 4.80 Å². The highest BCUT2D eigenvalue weighted by Gasteiger charge is 2.23. The lowest BCUT2D eigenvalue weighted by Crippen LogP contribution is -2.37. The summed E-state index contributed by atoms with van der Waals surface area (Å²) in [7, 11) is 0. The molecule has 1 fully saturated rings. The number of hydrogen-bond donors (Lipinski definition) is 0. The zero-order valence-electron chi connectivity index (χ0n) is 11.1. The summed E-state index contributed by atoms with van der Waals surface area (Å²) in [6, 6.07) is 0. The van der Waals surface area contributed by atoms with Crippen molar-refractivity contribution in [3.05, 3.63) is 0 Å². The van der Waals surface area contributed by atoms with Gasteiger partial charge in [-0.05, 0) is 5.21 Å². The highest BCUT2D eigenvalue weighted by Crippen LogP contribution is 2.15. The molecule has 0 bridgehead atoms. The number of nitrogens with zero attached hydrogens (tertiary/aromatic N) is 5. The Bertz CT molecular complexity index is 417. The maximum Gasteiger partial charge on any atom is 0.266 e. The van der Waals surface area contributed by atoms with Crippen LogP contribution in [0.1, 0.15) is 20.8 Å². The number of carbonyl (C=O) groups excluding carboxylic acids is 1. The van der Waals surface area contributed by atoms with Gasteiger partial charge < -0.3 is 9.64 Å². The van der Waals surface area contributed by atoms with E-state index in [1.54, 1.807) is 0 Å². The van der Waals surface area contributed by atoms with Crippen molar-refractivity contribution < 1.29 is 9.53 Å². The fourth-order valence-electron chi connectivity index (χ4n) is 1.56. The standard InChI is InChI=1S/C11H19N5O2/c1-11(2,3)9(17)8-16-13-10(12-14-16)15-4-6-18-7-5-15/h4-8H2,1-3H3. The Labute approximate surface area is 106 Å². The number of anilines is 1. The second-order valence-electron chi connectivity index (χ2n) is 5.39. The number of hydrogen-bond acceptors (Lipinski definition) is 6. The Morgan fingerprint density at radius 3 is 2.61 bits per heavy atom. The van der Waals surface area contributed by atoms with Crippen LogP contribution in [0.2, 0.25) is 0 Å². The van der Waals surface area contributed by atoms with Gasteiger partial charge in [0.2, 0.25) is 0 Å². The van der Waals surface area contributed by atoms with E-state index in [4.69, 9.17) is 4.74 Å². The number of morpholine rings is 1. The number of rotatable bonds is 3. The van der Waals surface area contributed by atoms with Crippen molar-refractivity contribution in [2.24, 2.45) is 5.41 Å². The summed E-state index contributed by atoms with van der Waals surface area (Å²) in [5.41, 5.74) is -0.382. The van der Waals surface area contributed by atoms with E-state index in [9.17, 15) is 4.79 Å². The predicted octanol–water partition coefficient (Wildman–Crippen LogP) is 0.125. The molecular weight excluding hydrogens is 234 g/mol. The molecule has 1 aromatic heterocycles. The minimum atomic E-state index is -0.382. The average molecular weight is 253 g/mol. The van der Waals surface area contributed by atoms with Gasteiger partial charge in [0.05, 0.1) is 13.2 Å². The third-order valence-corrected chi connectivity index (χ3v) is 2.86. The summed E-state index contributed by atoms with van der Waals surface area (Å²) >= 11 is 0. The highest BCUT2D eigenvalue weighted by atomic mass is 16.5. The summed E-state index contributed by atoms with van der Waals surface area (Å²) in [6.45, 7) is 8.70. The predicted molar refractivity (Wildman–Crippen MR) is 65.3 cm³/mol. The molecule has 0 aromatic carbocycles. The Kier molecular flexibility index (Phi) is 3.60. The van der Waals surface area contributed by atoms with Crippen LogP contribution in [0.15, 0.2) is 0 Å². The molecule has 0 atom stereocenters. The average Bonchev–Trinajstić information content (AvgIpc) is 2.77. The van der Waals surface area contributed by atoms with Gasteiger partial charge in [-0.25, -0.2) is 0 Å². The fourth-order valence-corrected chi connectivity index (χ4v) is 1.56. The zero-order chi connectivity index (χ0) is 13.2. The molecule has 2 heterocycles. The lowest BCUT2D eigenvalue weighted by atomic mass is 9.91. The molecule has 18 heavy (non-hydrogen) atoms. The van der Waals surface area contributed by atoms with Crippen LogP contribution in [0.25, 0.3) is 0 Å². The zero-order valence-corrected chi connectivity index (χ0v) is 11.1. The Hall–Kier alpha value is -1.50. The van der Waals surface area contributed by atoms with Crippen molar-refractivity contribution in [3.8, 4) is 0 Å². The number of carbonyl (C=O) groups is 1. The van der Waals surface area contributed by atoms with E-state index in [0.717, 1.165) is 13.1 Å². The van der Waals surface area contributed by atoms with E-state index < -0.39 is 0 Å². The van der Waals surface area contributed by atoms with Crippen LogP contribution in [0.3, 0.4) is 0 Å². The molecule has 1 saturated heterocycles. The summed E-state index contributed by atoms with van der Waals surface area (Å²) in [6.07, 6.45) is 0. The second-order valence-corrected chi connectivity index (χ2v) is 5.39. The summed E-state index contributed by atoms with van der Waals surface area (Å²) < 4.78 is 5.26. The molecule has 1 aliphatic heterocycles. The van der Waals surface area contributed by atoms with Gasteiger partial charge in [0.25, 0.3) is 5.95 Å². The van der Waals surface area contributed by atoms with E-state index in [2.05, 4.69) is 15.4 Å². The molecule has 7 heteroatoms. The maximum absolute atomic E-state index is 11.9. The van der Waals surface area contributed by atoms with Gasteiger partial charge >= 0.3 is 0 Å². The molecule has 0 unspecified atom stereocenters. The minimum absolute atomic E-state index is 0.0911. The van der Waals surface area contributed by atoms with Crippen LogP contribution in [0.5, 0.6) is 0 Å². The molecule has 0 amide bonds. The molecule has 0 saturated carbocycles. The molecule has 1 aliphatic rings. The third kappa shape index (κ3) is 3.04. The topological polar surface area (TPSA) is 73.1 Å². The Balaban J connectivity index is 1.99. The number of tetrazole rings is 1. The number of aromatic nitrogens is 4. The second kappa shape index (κ2) is 5.01. The first kappa shape index (κ1) is 12.9. The first-order valence-electron chi connectivity index (χ1n) is 6.10. The monoisotopic (exact) mass is 253 g/mol. The Morgan fingerprint density at radius 1 is 1.33 bits per heavy atom. The van der Waals surface area contributed by atoms with Crippen LogP contribution in [-0.2, 0) is 16.1 Å². The van der Waals surface area contributed by atoms with Gasteiger partial charge in [0.15, 0.2) is 5.78 Å². The van der Waals surface area contributed by atoms with Crippen molar-refractivity contribution in [1.82, 2.24) is 20.2 Å². The summed E-state index contributed by atoms with van der Waals surface area (Å²) in [4.78, 5) is 15.2. The van der Waals surface area contributed by atoms with Crippen molar-refractivity contribution in [2.75, 3.05) is 31.2 Å².